The molecule has 0 aromatic carbocycles. The Morgan fingerprint density at radius 2 is 2.24 bits per heavy atom. The van der Waals surface area contributed by atoms with Crippen molar-refractivity contribution >= 4 is 17.5 Å². The van der Waals surface area contributed by atoms with Crippen LogP contribution in [-0.2, 0) is 16.1 Å². The van der Waals surface area contributed by atoms with Crippen molar-refractivity contribution < 1.29 is 9.59 Å². The second-order valence-corrected chi connectivity index (χ2v) is 5.90. The zero-order valence-electron chi connectivity index (χ0n) is 12.1. The minimum atomic E-state index is -0.0351. The van der Waals surface area contributed by atoms with Gasteiger partial charge in [-0.2, -0.15) is 5.10 Å². The van der Waals surface area contributed by atoms with Crippen molar-refractivity contribution in [2.24, 2.45) is 5.92 Å². The van der Waals surface area contributed by atoms with E-state index in [2.05, 4.69) is 21.0 Å². The van der Waals surface area contributed by atoms with Gasteiger partial charge in [0.2, 0.25) is 11.8 Å². The minimum Gasteiger partial charge on any atom is -0.352 e. The van der Waals surface area contributed by atoms with Crippen LogP contribution in [0.1, 0.15) is 26.2 Å². The maximum atomic E-state index is 12.1. The monoisotopic (exact) mass is 291 g/mol. The lowest BCUT2D eigenvalue weighted by Crippen LogP contribution is -2.32. The standard InChI is InChI=1S/C14H21N5O2/c1-9-12(4-5-15-9)14(21)18-11-6-16-19(7-11)8-13(20)17-10-2-3-10/h6-7,9-10,12,15H,2-5,8H2,1H3,(H,17,20)(H,18,21). The van der Waals surface area contributed by atoms with E-state index < -0.39 is 0 Å². The van der Waals surface area contributed by atoms with Gasteiger partial charge in [-0.25, -0.2) is 0 Å². The van der Waals surface area contributed by atoms with Crippen molar-refractivity contribution in [3.63, 3.8) is 0 Å². The topological polar surface area (TPSA) is 88.1 Å². The first kappa shape index (κ1) is 14.1. The minimum absolute atomic E-state index is 0.00786. The van der Waals surface area contributed by atoms with Crippen molar-refractivity contribution in [3.8, 4) is 0 Å². The predicted molar refractivity (Wildman–Crippen MR) is 77.6 cm³/mol. The second kappa shape index (κ2) is 5.85. The highest BCUT2D eigenvalue weighted by Crippen LogP contribution is 2.19. The third kappa shape index (κ3) is 3.60. The molecular formula is C14H21N5O2. The van der Waals surface area contributed by atoms with E-state index in [0.29, 0.717) is 11.7 Å². The van der Waals surface area contributed by atoms with Gasteiger partial charge in [-0.05, 0) is 32.7 Å². The molecule has 2 amide bonds. The molecule has 1 aliphatic carbocycles. The zero-order valence-corrected chi connectivity index (χ0v) is 12.1. The summed E-state index contributed by atoms with van der Waals surface area (Å²) in [6.45, 7) is 3.08. The van der Waals surface area contributed by atoms with Gasteiger partial charge in [0.15, 0.2) is 0 Å². The van der Waals surface area contributed by atoms with Crippen LogP contribution < -0.4 is 16.0 Å². The SMILES string of the molecule is CC1NCCC1C(=O)Nc1cnn(CC(=O)NC2CC2)c1. The van der Waals surface area contributed by atoms with Crippen molar-refractivity contribution in [3.05, 3.63) is 12.4 Å². The Morgan fingerprint density at radius 3 is 2.90 bits per heavy atom. The quantitative estimate of drug-likeness (QED) is 0.718. The van der Waals surface area contributed by atoms with E-state index in [4.69, 9.17) is 0 Å². The van der Waals surface area contributed by atoms with Gasteiger partial charge in [0.25, 0.3) is 0 Å². The number of carbonyl (C=O) groups is 2. The van der Waals surface area contributed by atoms with Crippen LogP contribution in [0.2, 0.25) is 0 Å². The molecule has 21 heavy (non-hydrogen) atoms. The molecule has 2 atom stereocenters. The summed E-state index contributed by atoms with van der Waals surface area (Å²) in [7, 11) is 0. The second-order valence-electron chi connectivity index (χ2n) is 5.90. The van der Waals surface area contributed by atoms with Gasteiger partial charge >= 0.3 is 0 Å². The van der Waals surface area contributed by atoms with Crippen LogP contribution in [0.5, 0.6) is 0 Å². The number of aromatic nitrogens is 2. The molecular weight excluding hydrogens is 270 g/mol. The summed E-state index contributed by atoms with van der Waals surface area (Å²) in [5, 5.41) is 13.1. The predicted octanol–water partition coefficient (Wildman–Crippen LogP) is 0.0982. The summed E-state index contributed by atoms with van der Waals surface area (Å²) < 4.78 is 1.55. The molecule has 0 bridgehead atoms. The van der Waals surface area contributed by atoms with Crippen molar-refractivity contribution in [1.29, 1.82) is 0 Å². The largest absolute Gasteiger partial charge is 0.352 e. The lowest BCUT2D eigenvalue weighted by atomic mass is 10.0. The molecule has 2 fully saturated rings. The molecule has 2 unspecified atom stereocenters. The number of carbonyl (C=O) groups excluding carboxylic acids is 2. The first-order valence-electron chi connectivity index (χ1n) is 7.48. The molecule has 7 heteroatoms. The highest BCUT2D eigenvalue weighted by Gasteiger charge is 2.29. The van der Waals surface area contributed by atoms with E-state index >= 15 is 0 Å². The summed E-state index contributed by atoms with van der Waals surface area (Å²) in [4.78, 5) is 23.8. The molecule has 3 N–H and O–H groups in total. The van der Waals surface area contributed by atoms with Crippen molar-refractivity contribution in [2.45, 2.75) is 44.8 Å². The lowest BCUT2D eigenvalue weighted by Gasteiger charge is -2.13. The number of rotatable bonds is 5. The van der Waals surface area contributed by atoms with Crippen LogP contribution >= 0.6 is 0 Å². The number of hydrogen-bond acceptors (Lipinski definition) is 4. The zero-order chi connectivity index (χ0) is 14.8. The van der Waals surface area contributed by atoms with Gasteiger partial charge < -0.3 is 16.0 Å². The summed E-state index contributed by atoms with van der Waals surface area (Å²) >= 11 is 0. The molecule has 0 spiro atoms. The highest BCUT2D eigenvalue weighted by atomic mass is 16.2. The maximum absolute atomic E-state index is 12.1. The third-order valence-corrected chi connectivity index (χ3v) is 4.01. The molecule has 2 aliphatic rings. The Morgan fingerprint density at radius 1 is 1.43 bits per heavy atom. The Labute approximate surface area is 123 Å². The van der Waals surface area contributed by atoms with Crippen LogP contribution in [0.4, 0.5) is 5.69 Å². The van der Waals surface area contributed by atoms with E-state index in [1.807, 2.05) is 6.92 Å². The number of amides is 2. The molecule has 1 aromatic rings. The summed E-state index contributed by atoms with van der Waals surface area (Å²) in [6.07, 6.45) is 6.26. The van der Waals surface area contributed by atoms with Crippen LogP contribution in [0.15, 0.2) is 12.4 Å². The molecule has 114 valence electrons. The van der Waals surface area contributed by atoms with Crippen LogP contribution in [-0.4, -0.2) is 40.2 Å². The van der Waals surface area contributed by atoms with Gasteiger partial charge in [0.1, 0.15) is 6.54 Å². The van der Waals surface area contributed by atoms with Gasteiger partial charge in [-0.15, -0.1) is 0 Å². The fraction of sp³-hybridized carbons (Fsp3) is 0.643. The van der Waals surface area contributed by atoms with Crippen LogP contribution in [0.3, 0.4) is 0 Å². The van der Waals surface area contributed by atoms with E-state index in [1.165, 1.54) is 0 Å². The molecule has 1 aromatic heterocycles. The van der Waals surface area contributed by atoms with Gasteiger partial charge in [0.05, 0.1) is 17.8 Å². The summed E-state index contributed by atoms with van der Waals surface area (Å²) in [5.41, 5.74) is 0.637. The number of nitrogens with zero attached hydrogens (tertiary/aromatic N) is 2. The first-order chi connectivity index (χ1) is 10.1. The van der Waals surface area contributed by atoms with Crippen molar-refractivity contribution in [2.75, 3.05) is 11.9 Å². The molecule has 2 heterocycles. The normalized spacial score (nSPS) is 24.8. The van der Waals surface area contributed by atoms with E-state index in [0.717, 1.165) is 25.8 Å². The molecule has 0 radical (unpaired) electrons. The highest BCUT2D eigenvalue weighted by molar-refractivity contribution is 5.93. The average Bonchev–Trinajstić information content (AvgIpc) is 2.95. The first-order valence-corrected chi connectivity index (χ1v) is 7.48. The maximum Gasteiger partial charge on any atom is 0.241 e. The number of hydrogen-bond donors (Lipinski definition) is 3. The molecule has 7 nitrogen and oxygen atoms in total. The van der Waals surface area contributed by atoms with E-state index in [9.17, 15) is 9.59 Å². The molecule has 1 saturated carbocycles. The molecule has 1 aliphatic heterocycles. The summed E-state index contributed by atoms with van der Waals surface area (Å²) in [5.74, 6) is -0.0342. The average molecular weight is 291 g/mol. The Bertz CT molecular complexity index is 537. The summed E-state index contributed by atoms with van der Waals surface area (Å²) in [6, 6.07) is 0.549. The fourth-order valence-electron chi connectivity index (χ4n) is 2.61. The number of anilines is 1. The lowest BCUT2D eigenvalue weighted by molar-refractivity contribution is -0.122. The van der Waals surface area contributed by atoms with Crippen LogP contribution in [0, 0.1) is 5.92 Å². The van der Waals surface area contributed by atoms with Gasteiger partial charge in [-0.3, -0.25) is 14.3 Å². The van der Waals surface area contributed by atoms with Crippen LogP contribution in [0.25, 0.3) is 0 Å². The van der Waals surface area contributed by atoms with Crippen molar-refractivity contribution in [1.82, 2.24) is 20.4 Å². The number of nitrogens with one attached hydrogen (secondary N) is 3. The van der Waals surface area contributed by atoms with E-state index in [-0.39, 0.29) is 30.3 Å². The Hall–Kier alpha value is -1.89. The van der Waals surface area contributed by atoms with Gasteiger partial charge in [0, 0.05) is 18.3 Å². The van der Waals surface area contributed by atoms with E-state index in [1.54, 1.807) is 17.1 Å². The molecule has 1 saturated heterocycles. The smallest absolute Gasteiger partial charge is 0.241 e. The Kier molecular flexibility index (Phi) is 3.92. The third-order valence-electron chi connectivity index (χ3n) is 4.01. The van der Waals surface area contributed by atoms with Gasteiger partial charge in [-0.1, -0.05) is 0 Å². The fourth-order valence-corrected chi connectivity index (χ4v) is 2.61. The molecule has 3 rings (SSSR count). The Balaban J connectivity index is 1.52.